The van der Waals surface area contributed by atoms with E-state index in [2.05, 4.69) is 15.7 Å². The van der Waals surface area contributed by atoms with Gasteiger partial charge in [0, 0.05) is 51.6 Å². The number of nitrogens with zero attached hydrogens (tertiary/aromatic N) is 3. The van der Waals surface area contributed by atoms with E-state index in [9.17, 15) is 4.79 Å². The predicted molar refractivity (Wildman–Crippen MR) is 82.2 cm³/mol. The summed E-state index contributed by atoms with van der Waals surface area (Å²) in [5.41, 5.74) is 1.18. The highest BCUT2D eigenvalue weighted by atomic mass is 32.1. The molecule has 1 aromatic rings. The minimum absolute atomic E-state index is 0.126. The van der Waals surface area contributed by atoms with E-state index in [1.165, 1.54) is 5.69 Å². The van der Waals surface area contributed by atoms with E-state index in [1.54, 1.807) is 16.2 Å². The molecule has 0 aliphatic carbocycles. The van der Waals surface area contributed by atoms with Gasteiger partial charge in [-0.2, -0.15) is 0 Å². The molecule has 1 aliphatic rings. The number of aromatic nitrogens is 1. The van der Waals surface area contributed by atoms with Gasteiger partial charge >= 0.3 is 6.03 Å². The normalized spacial score (nSPS) is 16.4. The Hall–Kier alpha value is -1.14. The number of aryl methyl sites for hydroxylation is 1. The first kappa shape index (κ1) is 15.3. The Kier molecular flexibility index (Phi) is 5.37. The summed E-state index contributed by atoms with van der Waals surface area (Å²) in [6.45, 7) is 4.71. The molecule has 0 unspecified atom stereocenters. The molecule has 1 N–H and O–H groups in total. The predicted octanol–water partition coefficient (Wildman–Crippen LogP) is 1.73. The topological polar surface area (TPSA) is 48.5 Å². The summed E-state index contributed by atoms with van der Waals surface area (Å²) >= 11 is 1.71. The van der Waals surface area contributed by atoms with Crippen LogP contribution in [0.2, 0.25) is 0 Å². The average molecular weight is 296 g/mol. The fraction of sp³-hybridized carbons (Fsp3) is 0.714. The Morgan fingerprint density at radius 2 is 2.20 bits per heavy atom. The van der Waals surface area contributed by atoms with Crippen molar-refractivity contribution in [1.29, 1.82) is 0 Å². The van der Waals surface area contributed by atoms with E-state index in [-0.39, 0.29) is 6.03 Å². The number of carbonyl (C=O) groups excluding carboxylic acids is 1. The number of likely N-dealkylation sites (tertiary alicyclic amines) is 1. The number of carbonyl (C=O) groups is 1. The zero-order chi connectivity index (χ0) is 14.5. The first-order chi connectivity index (χ1) is 9.56. The van der Waals surface area contributed by atoms with E-state index < -0.39 is 0 Å². The number of amides is 2. The lowest BCUT2D eigenvalue weighted by atomic mass is 10.1. The van der Waals surface area contributed by atoms with E-state index in [1.807, 2.05) is 25.9 Å². The van der Waals surface area contributed by atoms with Crippen LogP contribution in [0.5, 0.6) is 0 Å². The fourth-order valence-corrected chi connectivity index (χ4v) is 3.13. The lowest BCUT2D eigenvalue weighted by Gasteiger charge is -2.34. The number of thiazole rings is 1. The third-order valence-corrected chi connectivity index (χ3v) is 4.45. The molecule has 0 bridgehead atoms. The van der Waals surface area contributed by atoms with Crippen LogP contribution in [0, 0.1) is 6.92 Å². The van der Waals surface area contributed by atoms with Gasteiger partial charge in [-0.25, -0.2) is 9.78 Å². The molecule has 0 spiro atoms. The largest absolute Gasteiger partial charge is 0.331 e. The Morgan fingerprint density at radius 1 is 1.50 bits per heavy atom. The van der Waals surface area contributed by atoms with Crippen molar-refractivity contribution in [2.45, 2.75) is 32.2 Å². The molecule has 6 heteroatoms. The highest BCUT2D eigenvalue weighted by molar-refractivity contribution is 7.09. The maximum absolute atomic E-state index is 11.8. The highest BCUT2D eigenvalue weighted by Gasteiger charge is 2.23. The van der Waals surface area contributed by atoms with Crippen molar-refractivity contribution in [1.82, 2.24) is 20.1 Å². The molecule has 1 saturated heterocycles. The number of hydrogen-bond donors (Lipinski definition) is 1. The van der Waals surface area contributed by atoms with E-state index >= 15 is 0 Å². The molecule has 1 aromatic heterocycles. The molecule has 1 aliphatic heterocycles. The van der Waals surface area contributed by atoms with Crippen LogP contribution in [0.1, 0.15) is 23.5 Å². The molecule has 0 aromatic carbocycles. The summed E-state index contributed by atoms with van der Waals surface area (Å²) < 4.78 is 0. The third kappa shape index (κ3) is 4.18. The van der Waals surface area contributed by atoms with Gasteiger partial charge < -0.3 is 15.1 Å². The number of hydrogen-bond acceptors (Lipinski definition) is 4. The SMILES string of the molecule is Cc1nc(CCNC2CCN(C(=O)N(C)C)CC2)cs1. The van der Waals surface area contributed by atoms with Gasteiger partial charge in [-0.3, -0.25) is 0 Å². The molecule has 0 atom stereocenters. The second kappa shape index (κ2) is 7.04. The Bertz CT molecular complexity index is 438. The van der Waals surface area contributed by atoms with Crippen LogP contribution < -0.4 is 5.32 Å². The number of nitrogens with one attached hydrogen (secondary N) is 1. The number of rotatable bonds is 4. The molecule has 1 fully saturated rings. The summed E-state index contributed by atoms with van der Waals surface area (Å²) in [5.74, 6) is 0. The molecule has 2 amide bonds. The first-order valence-corrected chi connectivity index (χ1v) is 8.05. The van der Waals surface area contributed by atoms with Gasteiger partial charge in [-0.15, -0.1) is 11.3 Å². The summed E-state index contributed by atoms with van der Waals surface area (Å²) in [6, 6.07) is 0.655. The minimum atomic E-state index is 0.126. The van der Waals surface area contributed by atoms with Crippen LogP contribution in [0.25, 0.3) is 0 Å². The molecule has 5 nitrogen and oxygen atoms in total. The van der Waals surface area contributed by atoms with Crippen molar-refractivity contribution in [3.05, 3.63) is 16.1 Å². The molecule has 112 valence electrons. The van der Waals surface area contributed by atoms with Gasteiger partial charge in [0.1, 0.15) is 0 Å². The van der Waals surface area contributed by atoms with Crippen LogP contribution in [-0.4, -0.2) is 60.6 Å². The van der Waals surface area contributed by atoms with Gasteiger partial charge in [0.25, 0.3) is 0 Å². The van der Waals surface area contributed by atoms with Crippen LogP contribution in [-0.2, 0) is 6.42 Å². The van der Waals surface area contributed by atoms with Gasteiger partial charge in [-0.1, -0.05) is 0 Å². The average Bonchev–Trinajstić information content (AvgIpc) is 2.84. The highest BCUT2D eigenvalue weighted by Crippen LogP contribution is 2.12. The van der Waals surface area contributed by atoms with Gasteiger partial charge in [0.05, 0.1) is 10.7 Å². The zero-order valence-electron chi connectivity index (χ0n) is 12.6. The summed E-state index contributed by atoms with van der Waals surface area (Å²) in [6.07, 6.45) is 3.06. The van der Waals surface area contributed by atoms with Crippen molar-refractivity contribution >= 4 is 17.4 Å². The molecular weight excluding hydrogens is 272 g/mol. The molecule has 20 heavy (non-hydrogen) atoms. The van der Waals surface area contributed by atoms with Crippen molar-refractivity contribution in [2.75, 3.05) is 33.7 Å². The quantitative estimate of drug-likeness (QED) is 0.920. The van der Waals surface area contributed by atoms with Gasteiger partial charge in [-0.05, 0) is 19.8 Å². The standard InChI is InChI=1S/C14H24N4OS/c1-11-16-13(10-20-11)4-7-15-12-5-8-18(9-6-12)14(19)17(2)3/h10,12,15H,4-9H2,1-3H3. The lowest BCUT2D eigenvalue weighted by molar-refractivity contribution is 0.152. The second-order valence-corrected chi connectivity index (χ2v) is 6.56. The van der Waals surface area contributed by atoms with Crippen LogP contribution in [0.3, 0.4) is 0 Å². The fourth-order valence-electron chi connectivity index (χ4n) is 2.49. The van der Waals surface area contributed by atoms with E-state index in [0.29, 0.717) is 6.04 Å². The van der Waals surface area contributed by atoms with Crippen molar-refractivity contribution in [3.63, 3.8) is 0 Å². The second-order valence-electron chi connectivity index (χ2n) is 5.50. The van der Waals surface area contributed by atoms with Crippen molar-refractivity contribution in [2.24, 2.45) is 0 Å². The summed E-state index contributed by atoms with van der Waals surface area (Å²) in [5, 5.41) is 6.85. The first-order valence-electron chi connectivity index (χ1n) is 7.17. The number of piperidine rings is 1. The monoisotopic (exact) mass is 296 g/mol. The van der Waals surface area contributed by atoms with Crippen LogP contribution in [0.4, 0.5) is 4.79 Å². The zero-order valence-corrected chi connectivity index (χ0v) is 13.4. The molecule has 2 heterocycles. The lowest BCUT2D eigenvalue weighted by Crippen LogP contribution is -2.48. The molecular formula is C14H24N4OS. The van der Waals surface area contributed by atoms with Crippen molar-refractivity contribution < 1.29 is 4.79 Å². The minimum Gasteiger partial charge on any atom is -0.331 e. The van der Waals surface area contributed by atoms with E-state index in [0.717, 1.165) is 43.9 Å². The smallest absolute Gasteiger partial charge is 0.319 e. The number of urea groups is 1. The van der Waals surface area contributed by atoms with Crippen LogP contribution >= 0.6 is 11.3 Å². The Labute approximate surface area is 125 Å². The molecule has 2 rings (SSSR count). The van der Waals surface area contributed by atoms with Crippen molar-refractivity contribution in [3.8, 4) is 0 Å². The summed E-state index contributed by atoms with van der Waals surface area (Å²) in [4.78, 5) is 19.9. The maximum Gasteiger partial charge on any atom is 0.319 e. The maximum atomic E-state index is 11.8. The van der Waals surface area contributed by atoms with Gasteiger partial charge in [0.15, 0.2) is 0 Å². The van der Waals surface area contributed by atoms with E-state index in [4.69, 9.17) is 0 Å². The van der Waals surface area contributed by atoms with Gasteiger partial charge in [0.2, 0.25) is 0 Å². The Morgan fingerprint density at radius 3 is 2.75 bits per heavy atom. The van der Waals surface area contributed by atoms with Crippen LogP contribution in [0.15, 0.2) is 5.38 Å². The third-order valence-electron chi connectivity index (χ3n) is 3.63. The Balaban J connectivity index is 1.66. The molecule has 0 saturated carbocycles. The summed E-state index contributed by atoms with van der Waals surface area (Å²) in [7, 11) is 3.62. The molecule has 0 radical (unpaired) electrons.